The molecule has 2 rings (SSSR count). The number of carbonyl (C=O) groups excluding carboxylic acids is 1. The predicted octanol–water partition coefficient (Wildman–Crippen LogP) is 2.55. The molecule has 0 spiro atoms. The van der Waals surface area contributed by atoms with Gasteiger partial charge < -0.3 is 11.1 Å². The van der Waals surface area contributed by atoms with Crippen LogP contribution in [0.3, 0.4) is 0 Å². The lowest BCUT2D eigenvalue weighted by Crippen LogP contribution is -2.51. The third-order valence-corrected chi connectivity index (χ3v) is 6.06. The maximum atomic E-state index is 12.5. The number of nitrogens with one attached hydrogen (secondary N) is 1. The summed E-state index contributed by atoms with van der Waals surface area (Å²) in [5.74, 6) is 1.42. The van der Waals surface area contributed by atoms with Crippen LogP contribution in [-0.4, -0.2) is 18.5 Å². The third-order valence-electron chi connectivity index (χ3n) is 6.06. The van der Waals surface area contributed by atoms with Gasteiger partial charge in [-0.1, -0.05) is 34.6 Å². The average Bonchev–Trinajstić information content (AvgIpc) is 2.91. The van der Waals surface area contributed by atoms with Crippen molar-refractivity contribution in [1.82, 2.24) is 5.32 Å². The van der Waals surface area contributed by atoms with Crippen molar-refractivity contribution in [2.75, 3.05) is 6.54 Å². The smallest absolute Gasteiger partial charge is 0.223 e. The van der Waals surface area contributed by atoms with E-state index in [0.29, 0.717) is 17.3 Å². The zero-order chi connectivity index (χ0) is 14.4. The van der Waals surface area contributed by atoms with Gasteiger partial charge in [0.05, 0.1) is 0 Å². The topological polar surface area (TPSA) is 55.1 Å². The molecule has 4 unspecified atom stereocenters. The number of nitrogens with two attached hydrogens (primary N) is 1. The first-order valence-corrected chi connectivity index (χ1v) is 7.69. The Labute approximate surface area is 117 Å². The summed E-state index contributed by atoms with van der Waals surface area (Å²) in [4.78, 5) is 12.5. The van der Waals surface area contributed by atoms with Gasteiger partial charge in [0.25, 0.3) is 0 Å². The molecule has 0 aromatic heterocycles. The van der Waals surface area contributed by atoms with Gasteiger partial charge in [0, 0.05) is 18.5 Å². The molecule has 1 amide bonds. The second kappa shape index (κ2) is 4.76. The van der Waals surface area contributed by atoms with E-state index in [1.165, 1.54) is 6.42 Å². The van der Waals surface area contributed by atoms with Crippen molar-refractivity contribution in [2.24, 2.45) is 34.3 Å². The van der Waals surface area contributed by atoms with E-state index < -0.39 is 0 Å². The molecule has 110 valence electrons. The fourth-order valence-corrected chi connectivity index (χ4v) is 3.59. The summed E-state index contributed by atoms with van der Waals surface area (Å²) in [6.45, 7) is 12.0. The summed E-state index contributed by atoms with van der Waals surface area (Å²) >= 11 is 0. The van der Waals surface area contributed by atoms with Crippen LogP contribution in [0.25, 0.3) is 0 Å². The molecule has 0 aromatic rings. The Morgan fingerprint density at radius 2 is 1.84 bits per heavy atom. The van der Waals surface area contributed by atoms with Crippen molar-refractivity contribution in [3.05, 3.63) is 0 Å². The van der Waals surface area contributed by atoms with Crippen LogP contribution in [0.2, 0.25) is 0 Å². The van der Waals surface area contributed by atoms with Crippen LogP contribution in [0.1, 0.15) is 53.9 Å². The number of hydrogen-bond acceptors (Lipinski definition) is 2. The van der Waals surface area contributed by atoms with Crippen LogP contribution in [-0.2, 0) is 4.79 Å². The highest BCUT2D eigenvalue weighted by molar-refractivity contribution is 5.79. The molecule has 2 aliphatic rings. The molecule has 3 N–H and O–H groups in total. The lowest BCUT2D eigenvalue weighted by Gasteiger charge is -2.46. The highest BCUT2D eigenvalue weighted by atomic mass is 16.1. The average molecular weight is 266 g/mol. The molecule has 2 fully saturated rings. The standard InChI is InChI=1S/C16H30N2O/c1-10-13(17)7-6-12(16(10,4)5)14(19)18-9-11-8-15(11,2)3/h10-13H,6-9,17H2,1-5H3,(H,18,19). The lowest BCUT2D eigenvalue weighted by molar-refractivity contribution is -0.132. The van der Waals surface area contributed by atoms with Crippen molar-refractivity contribution < 1.29 is 4.79 Å². The Morgan fingerprint density at radius 3 is 2.37 bits per heavy atom. The van der Waals surface area contributed by atoms with Crippen molar-refractivity contribution in [1.29, 1.82) is 0 Å². The summed E-state index contributed by atoms with van der Waals surface area (Å²) in [7, 11) is 0. The molecule has 3 nitrogen and oxygen atoms in total. The monoisotopic (exact) mass is 266 g/mol. The maximum Gasteiger partial charge on any atom is 0.223 e. The van der Waals surface area contributed by atoms with E-state index in [2.05, 4.69) is 39.9 Å². The fraction of sp³-hybridized carbons (Fsp3) is 0.938. The van der Waals surface area contributed by atoms with Gasteiger partial charge in [0.2, 0.25) is 5.91 Å². The predicted molar refractivity (Wildman–Crippen MR) is 78.5 cm³/mol. The number of amides is 1. The van der Waals surface area contributed by atoms with Crippen LogP contribution in [0.15, 0.2) is 0 Å². The van der Waals surface area contributed by atoms with Gasteiger partial charge in [0.1, 0.15) is 0 Å². The van der Waals surface area contributed by atoms with Crippen molar-refractivity contribution in [2.45, 2.75) is 59.9 Å². The molecular formula is C16H30N2O. The van der Waals surface area contributed by atoms with Gasteiger partial charge in [-0.15, -0.1) is 0 Å². The van der Waals surface area contributed by atoms with Crippen LogP contribution in [0.5, 0.6) is 0 Å². The van der Waals surface area contributed by atoms with Crippen LogP contribution in [0.4, 0.5) is 0 Å². The van der Waals surface area contributed by atoms with Crippen molar-refractivity contribution in [3.63, 3.8) is 0 Å². The van der Waals surface area contributed by atoms with E-state index in [1.807, 2.05) is 0 Å². The zero-order valence-electron chi connectivity index (χ0n) is 13.1. The van der Waals surface area contributed by atoms with E-state index in [1.54, 1.807) is 0 Å². The van der Waals surface area contributed by atoms with E-state index in [4.69, 9.17) is 5.73 Å². The Kier molecular flexibility index (Phi) is 3.72. The third kappa shape index (κ3) is 2.81. The fourth-order valence-electron chi connectivity index (χ4n) is 3.59. The summed E-state index contributed by atoms with van der Waals surface area (Å²) in [5.41, 5.74) is 6.59. The number of hydrogen-bond donors (Lipinski definition) is 2. The van der Waals surface area contributed by atoms with Gasteiger partial charge in [-0.2, -0.15) is 0 Å². The normalized spacial score (nSPS) is 39.7. The van der Waals surface area contributed by atoms with Crippen LogP contribution < -0.4 is 11.1 Å². The SMILES string of the molecule is CC1C(N)CCC(C(=O)NCC2CC2(C)C)C1(C)C. The first-order chi connectivity index (χ1) is 8.66. The Bertz CT molecular complexity index is 362. The molecule has 2 saturated carbocycles. The summed E-state index contributed by atoms with van der Waals surface area (Å²) in [6.07, 6.45) is 3.14. The molecular weight excluding hydrogens is 236 g/mol. The zero-order valence-corrected chi connectivity index (χ0v) is 13.1. The van der Waals surface area contributed by atoms with E-state index in [9.17, 15) is 4.79 Å². The summed E-state index contributed by atoms with van der Waals surface area (Å²) in [5, 5.41) is 3.18. The molecule has 4 atom stereocenters. The molecule has 0 bridgehead atoms. The number of rotatable bonds is 3. The molecule has 0 heterocycles. The molecule has 0 radical (unpaired) electrons. The van der Waals surface area contributed by atoms with Gasteiger partial charge in [0.15, 0.2) is 0 Å². The molecule has 0 aliphatic heterocycles. The van der Waals surface area contributed by atoms with Gasteiger partial charge in [-0.25, -0.2) is 0 Å². The van der Waals surface area contributed by atoms with Crippen molar-refractivity contribution >= 4 is 5.91 Å². The van der Waals surface area contributed by atoms with E-state index in [-0.39, 0.29) is 23.3 Å². The molecule has 3 heteroatoms. The Morgan fingerprint density at radius 1 is 1.26 bits per heavy atom. The van der Waals surface area contributed by atoms with Gasteiger partial charge in [-0.3, -0.25) is 4.79 Å². The highest BCUT2D eigenvalue weighted by Gasteiger charge is 2.47. The molecule has 2 aliphatic carbocycles. The minimum Gasteiger partial charge on any atom is -0.356 e. The molecule has 0 aromatic carbocycles. The minimum absolute atomic E-state index is 0.000812. The first-order valence-electron chi connectivity index (χ1n) is 7.69. The van der Waals surface area contributed by atoms with Crippen molar-refractivity contribution in [3.8, 4) is 0 Å². The highest BCUT2D eigenvalue weighted by Crippen LogP contribution is 2.51. The summed E-state index contributed by atoms with van der Waals surface area (Å²) in [6, 6.07) is 0.237. The molecule has 19 heavy (non-hydrogen) atoms. The Balaban J connectivity index is 1.91. The minimum atomic E-state index is 0.000812. The van der Waals surface area contributed by atoms with Gasteiger partial charge >= 0.3 is 0 Å². The maximum absolute atomic E-state index is 12.5. The lowest BCUT2D eigenvalue weighted by atomic mass is 9.61. The summed E-state index contributed by atoms with van der Waals surface area (Å²) < 4.78 is 0. The largest absolute Gasteiger partial charge is 0.356 e. The second-order valence-corrected chi connectivity index (χ2v) is 8.04. The van der Waals surface area contributed by atoms with E-state index in [0.717, 1.165) is 19.4 Å². The first kappa shape index (κ1) is 14.8. The second-order valence-electron chi connectivity index (χ2n) is 8.04. The quantitative estimate of drug-likeness (QED) is 0.825. The van der Waals surface area contributed by atoms with E-state index >= 15 is 0 Å². The Hall–Kier alpha value is -0.570. The number of carbonyl (C=O) groups is 1. The van der Waals surface area contributed by atoms with Crippen LogP contribution in [0, 0.1) is 28.6 Å². The van der Waals surface area contributed by atoms with Gasteiger partial charge in [-0.05, 0) is 41.9 Å². The molecule has 0 saturated heterocycles. The van der Waals surface area contributed by atoms with Crippen LogP contribution >= 0.6 is 0 Å².